The van der Waals surface area contributed by atoms with Crippen LogP contribution in [-0.2, 0) is 13.0 Å². The highest BCUT2D eigenvalue weighted by Gasteiger charge is 2.10. The van der Waals surface area contributed by atoms with Gasteiger partial charge in [0, 0.05) is 23.5 Å². The Morgan fingerprint density at radius 3 is 2.42 bits per heavy atom. The minimum atomic E-state index is -0.180. The van der Waals surface area contributed by atoms with Crippen LogP contribution in [0, 0.1) is 12.8 Å². The Morgan fingerprint density at radius 2 is 1.83 bits per heavy atom. The molecule has 0 aliphatic carbocycles. The first-order chi connectivity index (χ1) is 11.4. The summed E-state index contributed by atoms with van der Waals surface area (Å²) < 4.78 is 0. The molecule has 4 nitrogen and oxygen atoms in total. The maximum atomic E-state index is 10.1. The van der Waals surface area contributed by atoms with Gasteiger partial charge in [-0.1, -0.05) is 38.1 Å². The lowest BCUT2D eigenvalue weighted by Crippen LogP contribution is -1.99. The Balaban J connectivity index is 2.19. The summed E-state index contributed by atoms with van der Waals surface area (Å²) in [4.78, 5) is 8.60. The minimum Gasteiger partial charge on any atom is -0.505 e. The monoisotopic (exact) mass is 326 g/mol. The van der Waals surface area contributed by atoms with E-state index in [0.717, 1.165) is 12.0 Å². The maximum absolute atomic E-state index is 10.1. The first kappa shape index (κ1) is 18.1. The molecule has 0 saturated heterocycles. The number of aliphatic imine (C=N–C) groups is 1. The van der Waals surface area contributed by atoms with E-state index in [2.05, 4.69) is 48.1 Å². The second kappa shape index (κ2) is 8.06. The highest BCUT2D eigenvalue weighted by Crippen LogP contribution is 2.24. The standard InChI is InChI=1S/C20H26N2O2/c1-13(2)9-16-5-7-17(8-6-16)14(3)22-11-19-18(12-23)10-21-15(4)20(19)24/h5-8,10-11,13-14,23-24H,9,12H2,1-4H3/t14-/m0/s1. The highest BCUT2D eigenvalue weighted by molar-refractivity contribution is 5.85. The van der Waals surface area contributed by atoms with Crippen LogP contribution >= 0.6 is 0 Å². The largest absolute Gasteiger partial charge is 0.505 e. The van der Waals surface area contributed by atoms with Gasteiger partial charge in [0.2, 0.25) is 0 Å². The van der Waals surface area contributed by atoms with Crippen LogP contribution in [0.4, 0.5) is 0 Å². The second-order valence-corrected chi connectivity index (χ2v) is 6.58. The molecule has 128 valence electrons. The zero-order chi connectivity index (χ0) is 17.7. The van der Waals surface area contributed by atoms with Gasteiger partial charge in [-0.25, -0.2) is 0 Å². The normalized spacial score (nSPS) is 12.9. The third-order valence-corrected chi connectivity index (χ3v) is 4.06. The van der Waals surface area contributed by atoms with E-state index in [-0.39, 0.29) is 18.4 Å². The Labute approximate surface area is 143 Å². The fourth-order valence-corrected chi connectivity index (χ4v) is 2.60. The van der Waals surface area contributed by atoms with Crippen molar-refractivity contribution in [2.75, 3.05) is 0 Å². The number of aliphatic hydroxyl groups is 1. The number of benzene rings is 1. The Morgan fingerprint density at radius 1 is 1.17 bits per heavy atom. The summed E-state index contributed by atoms with van der Waals surface area (Å²) in [7, 11) is 0. The van der Waals surface area contributed by atoms with Crippen LogP contribution in [0.1, 0.15) is 54.8 Å². The Bertz CT molecular complexity index is 706. The first-order valence-corrected chi connectivity index (χ1v) is 8.32. The second-order valence-electron chi connectivity index (χ2n) is 6.58. The molecule has 0 fully saturated rings. The van der Waals surface area contributed by atoms with Crippen molar-refractivity contribution >= 4 is 6.21 Å². The molecule has 1 heterocycles. The SMILES string of the molecule is Cc1ncc(CO)c(C=N[C@@H](C)c2ccc(CC(C)C)cc2)c1O. The lowest BCUT2D eigenvalue weighted by atomic mass is 10.00. The number of aromatic nitrogens is 1. The van der Waals surface area contributed by atoms with E-state index in [1.54, 1.807) is 19.3 Å². The number of hydrogen-bond acceptors (Lipinski definition) is 4. The number of aliphatic hydroxyl groups excluding tert-OH is 1. The molecule has 1 aromatic heterocycles. The predicted octanol–water partition coefficient (Wildman–Crippen LogP) is 3.97. The first-order valence-electron chi connectivity index (χ1n) is 8.32. The van der Waals surface area contributed by atoms with E-state index in [1.807, 2.05) is 6.92 Å². The van der Waals surface area contributed by atoms with Crippen LogP contribution in [0.2, 0.25) is 0 Å². The topological polar surface area (TPSA) is 65.7 Å². The molecule has 24 heavy (non-hydrogen) atoms. The van der Waals surface area contributed by atoms with Gasteiger partial charge in [-0.15, -0.1) is 0 Å². The van der Waals surface area contributed by atoms with Crippen molar-refractivity contribution in [3.05, 3.63) is 58.4 Å². The zero-order valence-electron chi connectivity index (χ0n) is 14.8. The van der Waals surface area contributed by atoms with Gasteiger partial charge in [0.25, 0.3) is 0 Å². The van der Waals surface area contributed by atoms with Crippen molar-refractivity contribution < 1.29 is 10.2 Å². The molecule has 0 unspecified atom stereocenters. The third-order valence-electron chi connectivity index (χ3n) is 4.06. The molecule has 2 aromatic rings. The quantitative estimate of drug-likeness (QED) is 0.790. The van der Waals surface area contributed by atoms with E-state index in [9.17, 15) is 10.2 Å². The molecule has 0 saturated carbocycles. The highest BCUT2D eigenvalue weighted by atomic mass is 16.3. The minimum absolute atomic E-state index is 0.0301. The number of rotatable bonds is 6. The van der Waals surface area contributed by atoms with Crippen molar-refractivity contribution in [1.29, 1.82) is 0 Å². The fraction of sp³-hybridized carbons (Fsp3) is 0.400. The van der Waals surface area contributed by atoms with Crippen molar-refractivity contribution in [3.8, 4) is 5.75 Å². The third kappa shape index (κ3) is 4.42. The summed E-state index contributed by atoms with van der Waals surface area (Å²) in [6, 6.07) is 8.47. The predicted molar refractivity (Wildman–Crippen MR) is 97.6 cm³/mol. The van der Waals surface area contributed by atoms with Gasteiger partial charge in [-0.05, 0) is 37.3 Å². The summed E-state index contributed by atoms with van der Waals surface area (Å²) in [5, 5.41) is 19.6. The van der Waals surface area contributed by atoms with Crippen LogP contribution in [0.5, 0.6) is 5.75 Å². The molecule has 2 N–H and O–H groups in total. The lowest BCUT2D eigenvalue weighted by Gasteiger charge is -2.11. The van der Waals surface area contributed by atoms with Crippen molar-refractivity contribution in [2.45, 2.75) is 46.8 Å². The molecule has 1 atom stereocenters. The number of aryl methyl sites for hydroxylation is 1. The molecule has 0 amide bonds. The number of hydrogen-bond donors (Lipinski definition) is 2. The van der Waals surface area contributed by atoms with Crippen molar-refractivity contribution in [1.82, 2.24) is 4.98 Å². The van der Waals surface area contributed by atoms with Crippen molar-refractivity contribution in [3.63, 3.8) is 0 Å². The summed E-state index contributed by atoms with van der Waals surface area (Å²) in [5.41, 5.74) is 4.08. The summed E-state index contributed by atoms with van der Waals surface area (Å²) in [6.07, 6.45) is 4.27. The van der Waals surface area contributed by atoms with Gasteiger partial charge in [0.1, 0.15) is 5.75 Å². The number of nitrogens with zero attached hydrogens (tertiary/aromatic N) is 2. The smallest absolute Gasteiger partial charge is 0.145 e. The summed E-state index contributed by atoms with van der Waals surface area (Å²) >= 11 is 0. The van der Waals surface area contributed by atoms with Crippen LogP contribution < -0.4 is 0 Å². The van der Waals surface area contributed by atoms with Crippen molar-refractivity contribution in [2.24, 2.45) is 10.9 Å². The molecule has 0 bridgehead atoms. The Kier molecular flexibility index (Phi) is 6.10. The van der Waals surface area contributed by atoms with Crippen LogP contribution in [0.3, 0.4) is 0 Å². The van der Waals surface area contributed by atoms with Crippen LogP contribution in [0.15, 0.2) is 35.5 Å². The number of pyridine rings is 1. The summed E-state index contributed by atoms with van der Waals surface area (Å²) in [5.74, 6) is 0.714. The van der Waals surface area contributed by atoms with Gasteiger partial charge in [-0.2, -0.15) is 0 Å². The van der Waals surface area contributed by atoms with Crippen LogP contribution in [0.25, 0.3) is 0 Å². The van der Waals surface area contributed by atoms with E-state index >= 15 is 0 Å². The fourth-order valence-electron chi connectivity index (χ4n) is 2.60. The lowest BCUT2D eigenvalue weighted by molar-refractivity contribution is 0.280. The average Bonchev–Trinajstić information content (AvgIpc) is 2.56. The van der Waals surface area contributed by atoms with E-state index in [0.29, 0.717) is 22.7 Å². The maximum Gasteiger partial charge on any atom is 0.145 e. The average molecular weight is 326 g/mol. The number of aromatic hydroxyl groups is 1. The van der Waals surface area contributed by atoms with Gasteiger partial charge in [0.15, 0.2) is 0 Å². The molecule has 0 aliphatic heterocycles. The Hall–Kier alpha value is -2.20. The zero-order valence-corrected chi connectivity index (χ0v) is 14.8. The molecule has 0 spiro atoms. The van der Waals surface area contributed by atoms with E-state index in [1.165, 1.54) is 5.56 Å². The van der Waals surface area contributed by atoms with Gasteiger partial charge < -0.3 is 10.2 Å². The van der Waals surface area contributed by atoms with E-state index < -0.39 is 0 Å². The molecular formula is C20H26N2O2. The summed E-state index contributed by atoms with van der Waals surface area (Å²) in [6.45, 7) is 7.98. The molecular weight excluding hydrogens is 300 g/mol. The van der Waals surface area contributed by atoms with Gasteiger partial charge in [-0.3, -0.25) is 9.98 Å². The molecule has 2 rings (SSSR count). The molecule has 1 aromatic carbocycles. The van der Waals surface area contributed by atoms with Crippen LogP contribution in [-0.4, -0.2) is 21.4 Å². The van der Waals surface area contributed by atoms with Gasteiger partial charge in [0.05, 0.1) is 18.3 Å². The molecule has 0 aliphatic rings. The van der Waals surface area contributed by atoms with Gasteiger partial charge >= 0.3 is 0 Å². The molecule has 4 heteroatoms. The molecule has 0 radical (unpaired) electrons. The van der Waals surface area contributed by atoms with E-state index in [4.69, 9.17) is 0 Å².